The maximum Gasteiger partial charge on any atom is 0.416 e. The summed E-state index contributed by atoms with van der Waals surface area (Å²) in [5.41, 5.74) is 0.937. The lowest BCUT2D eigenvalue weighted by Gasteiger charge is -2.69. The van der Waals surface area contributed by atoms with Gasteiger partial charge < -0.3 is 10.1 Å². The number of alkyl halides is 3. The first-order valence-corrected chi connectivity index (χ1v) is 12.5. The van der Waals surface area contributed by atoms with Crippen molar-refractivity contribution in [1.29, 1.82) is 0 Å². The predicted molar refractivity (Wildman–Crippen MR) is 122 cm³/mol. The quantitative estimate of drug-likeness (QED) is 0.588. The van der Waals surface area contributed by atoms with Gasteiger partial charge in [-0.1, -0.05) is 24.3 Å². The summed E-state index contributed by atoms with van der Waals surface area (Å²) in [5, 5.41) is 3.35. The van der Waals surface area contributed by atoms with Gasteiger partial charge in [-0.2, -0.15) is 13.2 Å². The number of carbonyl (C=O) groups excluding carboxylic acids is 1. The number of amides is 1. The molecule has 5 rings (SSSR count). The van der Waals surface area contributed by atoms with E-state index in [1.54, 1.807) is 6.26 Å². The number of rotatable bonds is 4. The molecule has 2 aliphatic heterocycles. The van der Waals surface area contributed by atoms with Crippen molar-refractivity contribution in [1.82, 2.24) is 10.2 Å². The molecule has 2 aromatic rings. The lowest BCUT2D eigenvalue weighted by molar-refractivity contribution is -0.137. The molecule has 2 aromatic carbocycles. The van der Waals surface area contributed by atoms with E-state index >= 15 is 0 Å². The number of benzene rings is 2. The standard InChI is InChI=1S/C25H27F3N2O2S/c1-32-19-14-16(25(26,27)28)15-20(33-2)21(19)22(31)29-23-10-7-13-30-12-6-5-11-24(23,30)18-9-4-3-8-17(18)23/h3-4,8-9,14-15H,5-7,10-13H2,1-2H3,(H,29,31)/t23-,24-/m0/s1. The molecule has 2 heterocycles. The van der Waals surface area contributed by atoms with Gasteiger partial charge in [0.1, 0.15) is 5.75 Å². The summed E-state index contributed by atoms with van der Waals surface area (Å²) in [6.45, 7) is 1.98. The van der Waals surface area contributed by atoms with Crippen LogP contribution in [-0.2, 0) is 17.3 Å². The Balaban J connectivity index is 1.60. The number of carbonyl (C=O) groups is 1. The zero-order valence-corrected chi connectivity index (χ0v) is 19.5. The maximum atomic E-state index is 13.8. The van der Waals surface area contributed by atoms with Crippen molar-refractivity contribution in [3.63, 3.8) is 0 Å². The van der Waals surface area contributed by atoms with Gasteiger partial charge in [-0.05, 0) is 74.7 Å². The van der Waals surface area contributed by atoms with Gasteiger partial charge in [0, 0.05) is 4.90 Å². The van der Waals surface area contributed by atoms with Crippen LogP contribution in [0.1, 0.15) is 59.2 Å². The number of ether oxygens (including phenoxy) is 1. The van der Waals surface area contributed by atoms with Crippen LogP contribution in [0.3, 0.4) is 0 Å². The Hall–Kier alpha value is -2.19. The minimum absolute atomic E-state index is 0.0546. The Kier molecular flexibility index (Phi) is 5.44. The molecule has 2 atom stereocenters. The van der Waals surface area contributed by atoms with Gasteiger partial charge in [-0.25, -0.2) is 0 Å². The van der Waals surface area contributed by atoms with Crippen molar-refractivity contribution in [2.45, 2.75) is 54.3 Å². The summed E-state index contributed by atoms with van der Waals surface area (Å²) in [5.74, 6) is -0.438. The fourth-order valence-corrected chi connectivity index (χ4v) is 7.04. The van der Waals surface area contributed by atoms with E-state index in [0.717, 1.165) is 74.7 Å². The largest absolute Gasteiger partial charge is 0.496 e. The van der Waals surface area contributed by atoms with Gasteiger partial charge in [-0.15, -0.1) is 11.8 Å². The average Bonchev–Trinajstić information content (AvgIpc) is 2.81. The van der Waals surface area contributed by atoms with E-state index in [2.05, 4.69) is 22.3 Å². The van der Waals surface area contributed by atoms with E-state index in [-0.39, 0.29) is 27.7 Å². The minimum atomic E-state index is -4.52. The fraction of sp³-hybridized carbons (Fsp3) is 0.480. The lowest BCUT2D eigenvalue weighted by Crippen LogP contribution is -2.76. The van der Waals surface area contributed by atoms with Gasteiger partial charge >= 0.3 is 6.18 Å². The normalized spacial score (nSPS) is 26.5. The van der Waals surface area contributed by atoms with Crippen LogP contribution in [0.25, 0.3) is 0 Å². The second-order valence-electron chi connectivity index (χ2n) is 9.07. The SMILES string of the molecule is COc1cc(C(F)(F)F)cc(SC)c1C(=O)N[C@]12CCCN3CCCC[C@@]31c1ccccc12. The maximum absolute atomic E-state index is 13.8. The van der Waals surface area contributed by atoms with E-state index in [4.69, 9.17) is 4.74 Å². The Morgan fingerprint density at radius 2 is 1.82 bits per heavy atom. The Bertz CT molecular complexity index is 1080. The van der Waals surface area contributed by atoms with Crippen LogP contribution in [0.5, 0.6) is 5.75 Å². The molecule has 8 heteroatoms. The summed E-state index contributed by atoms with van der Waals surface area (Å²) < 4.78 is 45.6. The van der Waals surface area contributed by atoms with Crippen LogP contribution in [0, 0.1) is 0 Å². The molecule has 176 valence electrons. The van der Waals surface area contributed by atoms with Crippen molar-refractivity contribution in [2.75, 3.05) is 26.5 Å². The van der Waals surface area contributed by atoms with Crippen LogP contribution in [0.4, 0.5) is 13.2 Å². The highest BCUT2D eigenvalue weighted by Gasteiger charge is 2.67. The number of nitrogens with one attached hydrogen (secondary N) is 1. The summed E-state index contributed by atoms with van der Waals surface area (Å²) >= 11 is 1.12. The van der Waals surface area contributed by atoms with Crippen molar-refractivity contribution >= 4 is 17.7 Å². The molecule has 1 spiro atoms. The Morgan fingerprint density at radius 1 is 1.09 bits per heavy atom. The van der Waals surface area contributed by atoms with Crippen molar-refractivity contribution in [3.05, 3.63) is 58.7 Å². The van der Waals surface area contributed by atoms with Crippen LogP contribution in [-0.4, -0.2) is 37.3 Å². The van der Waals surface area contributed by atoms with E-state index in [1.807, 2.05) is 12.1 Å². The molecular weight excluding hydrogens is 449 g/mol. The van der Waals surface area contributed by atoms with Crippen LogP contribution in [0.2, 0.25) is 0 Å². The zero-order valence-electron chi connectivity index (χ0n) is 18.7. The molecule has 1 aliphatic carbocycles. The molecule has 2 saturated heterocycles. The molecule has 1 N–H and O–H groups in total. The van der Waals surface area contributed by atoms with Gasteiger partial charge in [-0.3, -0.25) is 9.69 Å². The van der Waals surface area contributed by atoms with Crippen molar-refractivity contribution < 1.29 is 22.7 Å². The number of fused-ring (bicyclic) bond motifs is 2. The van der Waals surface area contributed by atoms with Gasteiger partial charge in [0.05, 0.1) is 29.3 Å². The third-order valence-corrected chi connectivity index (χ3v) is 8.42. The lowest BCUT2D eigenvalue weighted by atomic mass is 9.49. The molecule has 3 aliphatic rings. The molecule has 0 aromatic heterocycles. The number of hydrogen-bond acceptors (Lipinski definition) is 4. The molecule has 0 saturated carbocycles. The highest BCUT2D eigenvalue weighted by Crippen LogP contribution is 2.64. The van der Waals surface area contributed by atoms with Crippen LogP contribution < -0.4 is 10.1 Å². The molecule has 0 unspecified atom stereocenters. The molecule has 4 nitrogen and oxygen atoms in total. The number of thioether (sulfide) groups is 1. The van der Waals surface area contributed by atoms with E-state index < -0.39 is 17.3 Å². The second-order valence-corrected chi connectivity index (χ2v) is 9.91. The van der Waals surface area contributed by atoms with Crippen LogP contribution in [0.15, 0.2) is 41.3 Å². The number of methoxy groups -OCH3 is 1. The molecule has 2 fully saturated rings. The summed E-state index contributed by atoms with van der Waals surface area (Å²) in [6.07, 6.45) is 2.10. The first-order chi connectivity index (χ1) is 15.8. The minimum Gasteiger partial charge on any atom is -0.496 e. The highest BCUT2D eigenvalue weighted by molar-refractivity contribution is 7.98. The highest BCUT2D eigenvalue weighted by atomic mass is 32.2. The molecular formula is C25H27F3N2O2S. The molecule has 33 heavy (non-hydrogen) atoms. The van der Waals surface area contributed by atoms with Gasteiger partial charge in [0.25, 0.3) is 5.91 Å². The Morgan fingerprint density at radius 3 is 2.52 bits per heavy atom. The van der Waals surface area contributed by atoms with Gasteiger partial charge in [0.15, 0.2) is 0 Å². The summed E-state index contributed by atoms with van der Waals surface area (Å²) in [4.78, 5) is 16.6. The fourth-order valence-electron chi connectivity index (χ4n) is 6.39. The molecule has 0 radical (unpaired) electrons. The summed E-state index contributed by atoms with van der Waals surface area (Å²) in [6, 6.07) is 10.2. The Labute approximate surface area is 195 Å². The smallest absolute Gasteiger partial charge is 0.416 e. The van der Waals surface area contributed by atoms with Crippen molar-refractivity contribution in [2.24, 2.45) is 0 Å². The van der Waals surface area contributed by atoms with E-state index in [0.29, 0.717) is 0 Å². The number of halogens is 3. The van der Waals surface area contributed by atoms with E-state index in [1.165, 1.54) is 12.7 Å². The third-order valence-electron chi connectivity index (χ3n) is 7.66. The zero-order chi connectivity index (χ0) is 23.4. The predicted octanol–water partition coefficient (Wildman–Crippen LogP) is 5.55. The first kappa shape index (κ1) is 22.6. The van der Waals surface area contributed by atoms with Crippen LogP contribution >= 0.6 is 11.8 Å². The average molecular weight is 477 g/mol. The topological polar surface area (TPSA) is 41.6 Å². The first-order valence-electron chi connectivity index (χ1n) is 11.3. The molecule has 0 bridgehead atoms. The van der Waals surface area contributed by atoms with E-state index in [9.17, 15) is 18.0 Å². The monoisotopic (exact) mass is 476 g/mol. The second kappa shape index (κ2) is 7.94. The molecule has 1 amide bonds. The number of hydrogen-bond donors (Lipinski definition) is 1. The van der Waals surface area contributed by atoms with Crippen molar-refractivity contribution in [3.8, 4) is 5.75 Å². The number of piperidine rings is 2. The summed E-state index contributed by atoms with van der Waals surface area (Å²) in [7, 11) is 1.30. The number of nitrogens with zero attached hydrogens (tertiary/aromatic N) is 1. The van der Waals surface area contributed by atoms with Gasteiger partial charge in [0.2, 0.25) is 0 Å². The third kappa shape index (κ3) is 3.13.